The molecular formula is C16H30N4. The topological polar surface area (TPSA) is 54.2 Å². The first-order valence-corrected chi connectivity index (χ1v) is 7.86. The molecule has 20 heavy (non-hydrogen) atoms. The Hall–Kier alpha value is -1.13. The Labute approximate surface area is 123 Å². The summed E-state index contributed by atoms with van der Waals surface area (Å²) in [6.45, 7) is 11.1. The summed E-state index contributed by atoms with van der Waals surface area (Å²) in [4.78, 5) is 6.65. The molecule has 1 aromatic heterocycles. The molecule has 0 aliphatic rings. The SMILES string of the molecule is CCCNC(CCN(CC)CC)Cc1cccnc1N. The molecule has 1 unspecified atom stereocenters. The maximum atomic E-state index is 5.96. The van der Waals surface area contributed by atoms with Gasteiger partial charge in [0.05, 0.1) is 0 Å². The van der Waals surface area contributed by atoms with Crippen LogP contribution in [-0.4, -0.2) is 42.1 Å². The third-order valence-electron chi connectivity index (χ3n) is 3.76. The van der Waals surface area contributed by atoms with E-state index in [-0.39, 0.29) is 0 Å². The molecule has 0 saturated carbocycles. The van der Waals surface area contributed by atoms with Crippen molar-refractivity contribution < 1.29 is 0 Å². The maximum Gasteiger partial charge on any atom is 0.126 e. The number of nitrogens with two attached hydrogens (primary N) is 1. The number of pyridine rings is 1. The monoisotopic (exact) mass is 278 g/mol. The Morgan fingerprint density at radius 1 is 1.30 bits per heavy atom. The van der Waals surface area contributed by atoms with Gasteiger partial charge in [-0.1, -0.05) is 26.8 Å². The number of nitrogen functional groups attached to an aromatic ring is 1. The number of hydrogen-bond acceptors (Lipinski definition) is 4. The fourth-order valence-electron chi connectivity index (χ4n) is 2.39. The van der Waals surface area contributed by atoms with E-state index in [1.54, 1.807) is 6.20 Å². The standard InChI is InChI=1S/C16H30N4/c1-4-10-18-15(9-12-20(5-2)6-3)13-14-8-7-11-19-16(14)17/h7-8,11,15,18H,4-6,9-10,12-13H2,1-3H3,(H2,17,19). The van der Waals surface area contributed by atoms with E-state index >= 15 is 0 Å². The van der Waals surface area contributed by atoms with E-state index in [2.05, 4.69) is 42.0 Å². The Morgan fingerprint density at radius 2 is 2.05 bits per heavy atom. The van der Waals surface area contributed by atoms with Crippen LogP contribution < -0.4 is 11.1 Å². The van der Waals surface area contributed by atoms with Crippen LogP contribution in [0.4, 0.5) is 5.82 Å². The van der Waals surface area contributed by atoms with Crippen molar-refractivity contribution in [2.45, 2.75) is 46.1 Å². The van der Waals surface area contributed by atoms with Crippen molar-refractivity contribution in [1.29, 1.82) is 0 Å². The molecule has 3 N–H and O–H groups in total. The first-order valence-electron chi connectivity index (χ1n) is 7.86. The van der Waals surface area contributed by atoms with Gasteiger partial charge in [0.25, 0.3) is 0 Å². The van der Waals surface area contributed by atoms with Gasteiger partial charge in [-0.2, -0.15) is 0 Å². The number of rotatable bonds is 10. The van der Waals surface area contributed by atoms with Gasteiger partial charge in [0.2, 0.25) is 0 Å². The van der Waals surface area contributed by atoms with E-state index in [1.165, 1.54) is 0 Å². The predicted molar refractivity (Wildman–Crippen MR) is 86.8 cm³/mol. The third kappa shape index (κ3) is 5.88. The van der Waals surface area contributed by atoms with E-state index in [0.717, 1.165) is 51.0 Å². The smallest absolute Gasteiger partial charge is 0.126 e. The molecule has 4 nitrogen and oxygen atoms in total. The summed E-state index contributed by atoms with van der Waals surface area (Å²) in [5, 5.41) is 3.64. The minimum Gasteiger partial charge on any atom is -0.383 e. The van der Waals surface area contributed by atoms with E-state index < -0.39 is 0 Å². The zero-order valence-corrected chi connectivity index (χ0v) is 13.2. The lowest BCUT2D eigenvalue weighted by Crippen LogP contribution is -2.36. The molecule has 0 saturated heterocycles. The van der Waals surface area contributed by atoms with E-state index in [0.29, 0.717) is 11.9 Å². The lowest BCUT2D eigenvalue weighted by Gasteiger charge is -2.24. The number of aromatic nitrogens is 1. The van der Waals surface area contributed by atoms with Crippen molar-refractivity contribution in [1.82, 2.24) is 15.2 Å². The lowest BCUT2D eigenvalue weighted by molar-refractivity contribution is 0.280. The molecule has 4 heteroatoms. The number of nitrogens with one attached hydrogen (secondary N) is 1. The molecule has 1 aromatic rings. The number of anilines is 1. The zero-order chi connectivity index (χ0) is 14.8. The van der Waals surface area contributed by atoms with E-state index in [4.69, 9.17) is 5.73 Å². The zero-order valence-electron chi connectivity index (χ0n) is 13.2. The minimum absolute atomic E-state index is 0.474. The molecule has 1 rings (SSSR count). The summed E-state index contributed by atoms with van der Waals surface area (Å²) >= 11 is 0. The highest BCUT2D eigenvalue weighted by Gasteiger charge is 2.12. The molecule has 0 fully saturated rings. The highest BCUT2D eigenvalue weighted by Crippen LogP contribution is 2.12. The van der Waals surface area contributed by atoms with Crippen LogP contribution in [0.25, 0.3) is 0 Å². The molecule has 0 aliphatic heterocycles. The summed E-state index contributed by atoms with van der Waals surface area (Å²) in [7, 11) is 0. The highest BCUT2D eigenvalue weighted by atomic mass is 15.1. The first kappa shape index (κ1) is 16.9. The lowest BCUT2D eigenvalue weighted by atomic mass is 10.0. The summed E-state index contributed by atoms with van der Waals surface area (Å²) in [6, 6.07) is 4.52. The molecule has 0 spiro atoms. The van der Waals surface area contributed by atoms with Crippen molar-refractivity contribution in [3.63, 3.8) is 0 Å². The second kappa shape index (κ2) is 9.72. The molecule has 114 valence electrons. The molecule has 1 atom stereocenters. The number of nitrogens with zero attached hydrogens (tertiary/aromatic N) is 2. The summed E-state index contributed by atoms with van der Waals surface area (Å²) in [6.07, 6.45) is 5.02. The van der Waals surface area contributed by atoms with E-state index in [1.807, 2.05) is 6.07 Å². The Kier molecular flexibility index (Phi) is 8.23. The first-order chi connectivity index (χ1) is 9.71. The normalized spacial score (nSPS) is 12.8. The van der Waals surface area contributed by atoms with Crippen LogP contribution in [0.3, 0.4) is 0 Å². The second-order valence-electron chi connectivity index (χ2n) is 5.22. The molecule has 1 heterocycles. The summed E-state index contributed by atoms with van der Waals surface area (Å²) < 4.78 is 0. The molecular weight excluding hydrogens is 248 g/mol. The fourth-order valence-corrected chi connectivity index (χ4v) is 2.39. The van der Waals surface area contributed by atoms with Gasteiger partial charge in [-0.25, -0.2) is 4.98 Å². The molecule has 0 aliphatic carbocycles. The average molecular weight is 278 g/mol. The van der Waals surface area contributed by atoms with Crippen LogP contribution in [0, 0.1) is 0 Å². The van der Waals surface area contributed by atoms with Gasteiger partial charge in [-0.15, -0.1) is 0 Å². The quantitative estimate of drug-likeness (QED) is 0.689. The fraction of sp³-hybridized carbons (Fsp3) is 0.688. The van der Waals surface area contributed by atoms with Gasteiger partial charge < -0.3 is 16.0 Å². The Bertz CT molecular complexity index is 363. The minimum atomic E-state index is 0.474. The summed E-state index contributed by atoms with van der Waals surface area (Å²) in [5.74, 6) is 0.665. The van der Waals surface area contributed by atoms with Crippen LogP contribution in [0.1, 0.15) is 39.2 Å². The number of hydrogen-bond donors (Lipinski definition) is 2. The molecule has 0 amide bonds. The van der Waals surface area contributed by atoms with Crippen molar-refractivity contribution in [2.75, 3.05) is 31.9 Å². The van der Waals surface area contributed by atoms with E-state index in [9.17, 15) is 0 Å². The van der Waals surface area contributed by atoms with Gasteiger partial charge in [-0.3, -0.25) is 0 Å². The largest absolute Gasteiger partial charge is 0.383 e. The van der Waals surface area contributed by atoms with Crippen molar-refractivity contribution in [3.05, 3.63) is 23.9 Å². The van der Waals surface area contributed by atoms with Gasteiger partial charge in [-0.05, 0) is 57.1 Å². The predicted octanol–water partition coefficient (Wildman–Crippen LogP) is 2.31. The highest BCUT2D eigenvalue weighted by molar-refractivity contribution is 5.38. The van der Waals surface area contributed by atoms with Gasteiger partial charge in [0.15, 0.2) is 0 Å². The van der Waals surface area contributed by atoms with Gasteiger partial charge in [0, 0.05) is 12.2 Å². The van der Waals surface area contributed by atoms with Crippen molar-refractivity contribution in [3.8, 4) is 0 Å². The Morgan fingerprint density at radius 3 is 2.65 bits per heavy atom. The van der Waals surface area contributed by atoms with Crippen molar-refractivity contribution in [2.24, 2.45) is 0 Å². The van der Waals surface area contributed by atoms with Crippen LogP contribution >= 0.6 is 0 Å². The third-order valence-corrected chi connectivity index (χ3v) is 3.76. The van der Waals surface area contributed by atoms with Crippen molar-refractivity contribution >= 4 is 5.82 Å². The van der Waals surface area contributed by atoms with Crippen LogP contribution in [0.2, 0.25) is 0 Å². The molecule has 0 bridgehead atoms. The second-order valence-corrected chi connectivity index (χ2v) is 5.22. The molecule has 0 aromatic carbocycles. The average Bonchev–Trinajstić information content (AvgIpc) is 2.47. The van der Waals surface area contributed by atoms with Gasteiger partial charge >= 0.3 is 0 Å². The van der Waals surface area contributed by atoms with Crippen LogP contribution in [0.5, 0.6) is 0 Å². The van der Waals surface area contributed by atoms with Crippen LogP contribution in [-0.2, 0) is 6.42 Å². The maximum absolute atomic E-state index is 5.96. The van der Waals surface area contributed by atoms with Gasteiger partial charge in [0.1, 0.15) is 5.82 Å². The summed E-state index contributed by atoms with van der Waals surface area (Å²) in [5.41, 5.74) is 7.11. The van der Waals surface area contributed by atoms with Crippen LogP contribution in [0.15, 0.2) is 18.3 Å². The Balaban J connectivity index is 2.57. The molecule has 0 radical (unpaired) electrons.